The summed E-state index contributed by atoms with van der Waals surface area (Å²) < 4.78 is 0. The Morgan fingerprint density at radius 3 is 3.00 bits per heavy atom. The molecule has 1 unspecified atom stereocenters. The fourth-order valence-corrected chi connectivity index (χ4v) is 2.18. The summed E-state index contributed by atoms with van der Waals surface area (Å²) in [6.07, 6.45) is 0. The van der Waals surface area contributed by atoms with E-state index in [9.17, 15) is 0 Å². The molecule has 1 aliphatic heterocycles. The summed E-state index contributed by atoms with van der Waals surface area (Å²) in [5, 5.41) is 3.52. The molecule has 0 bridgehead atoms. The molecule has 0 aromatic heterocycles. The van der Waals surface area contributed by atoms with E-state index in [4.69, 9.17) is 0 Å². The van der Waals surface area contributed by atoms with Gasteiger partial charge >= 0.3 is 0 Å². The summed E-state index contributed by atoms with van der Waals surface area (Å²) in [5.74, 6) is 0.706. The molecule has 15 heavy (non-hydrogen) atoms. The SMILES string of the molecule is CCN1CC(C)CNc2ccc(C)cc21. The van der Waals surface area contributed by atoms with Gasteiger partial charge in [-0.15, -0.1) is 0 Å². The van der Waals surface area contributed by atoms with Crippen molar-refractivity contribution in [2.75, 3.05) is 29.9 Å². The molecule has 1 aromatic rings. The van der Waals surface area contributed by atoms with Crippen LogP contribution in [0.2, 0.25) is 0 Å². The van der Waals surface area contributed by atoms with E-state index in [0.717, 1.165) is 19.6 Å². The third-order valence-electron chi connectivity index (χ3n) is 3.05. The Bertz CT molecular complexity index is 346. The maximum absolute atomic E-state index is 3.52. The molecule has 2 rings (SSSR count). The monoisotopic (exact) mass is 204 g/mol. The van der Waals surface area contributed by atoms with Gasteiger partial charge in [-0.2, -0.15) is 0 Å². The Kier molecular flexibility index (Phi) is 2.85. The lowest BCUT2D eigenvalue weighted by Gasteiger charge is -2.24. The van der Waals surface area contributed by atoms with Crippen LogP contribution in [0.1, 0.15) is 19.4 Å². The molecule has 2 heteroatoms. The number of nitrogens with zero attached hydrogens (tertiary/aromatic N) is 1. The molecule has 0 radical (unpaired) electrons. The normalized spacial score (nSPS) is 20.5. The molecule has 1 atom stereocenters. The fraction of sp³-hybridized carbons (Fsp3) is 0.538. The first kappa shape index (κ1) is 10.3. The van der Waals surface area contributed by atoms with E-state index in [1.165, 1.54) is 16.9 Å². The number of rotatable bonds is 1. The Morgan fingerprint density at radius 1 is 1.47 bits per heavy atom. The first-order valence-corrected chi connectivity index (χ1v) is 5.80. The summed E-state index contributed by atoms with van der Waals surface area (Å²) in [6.45, 7) is 10.00. The van der Waals surface area contributed by atoms with E-state index in [2.05, 4.69) is 49.2 Å². The topological polar surface area (TPSA) is 15.3 Å². The number of hydrogen-bond donors (Lipinski definition) is 1. The van der Waals surface area contributed by atoms with Crippen LogP contribution in [0.3, 0.4) is 0 Å². The molecule has 1 aromatic carbocycles. The average Bonchev–Trinajstić information content (AvgIpc) is 2.38. The van der Waals surface area contributed by atoms with Crippen LogP contribution in [0.5, 0.6) is 0 Å². The maximum Gasteiger partial charge on any atom is 0.0604 e. The molecule has 0 spiro atoms. The minimum Gasteiger partial charge on any atom is -0.383 e. The summed E-state index contributed by atoms with van der Waals surface area (Å²) in [7, 11) is 0. The number of benzene rings is 1. The predicted octanol–water partition coefficient (Wildman–Crippen LogP) is 2.88. The standard InChI is InChI=1S/C13H20N2/c1-4-15-9-11(3)8-14-12-6-5-10(2)7-13(12)15/h5-7,11,14H,4,8-9H2,1-3H3. The number of aryl methyl sites for hydroxylation is 1. The van der Waals surface area contributed by atoms with E-state index in [1.54, 1.807) is 0 Å². The van der Waals surface area contributed by atoms with Gasteiger partial charge in [0.25, 0.3) is 0 Å². The Labute approximate surface area is 92.3 Å². The van der Waals surface area contributed by atoms with Crippen molar-refractivity contribution >= 4 is 11.4 Å². The molecule has 0 saturated carbocycles. The lowest BCUT2D eigenvalue weighted by molar-refractivity contribution is 0.602. The van der Waals surface area contributed by atoms with E-state index >= 15 is 0 Å². The first-order chi connectivity index (χ1) is 7.20. The highest BCUT2D eigenvalue weighted by Crippen LogP contribution is 2.30. The minimum absolute atomic E-state index is 0.706. The zero-order valence-electron chi connectivity index (χ0n) is 9.88. The van der Waals surface area contributed by atoms with Crippen LogP contribution in [-0.2, 0) is 0 Å². The van der Waals surface area contributed by atoms with E-state index in [1.807, 2.05) is 0 Å². The molecule has 1 N–H and O–H groups in total. The van der Waals surface area contributed by atoms with E-state index in [0.29, 0.717) is 5.92 Å². The third kappa shape index (κ3) is 2.09. The molecule has 1 heterocycles. The van der Waals surface area contributed by atoms with Crippen molar-refractivity contribution in [2.45, 2.75) is 20.8 Å². The summed E-state index contributed by atoms with van der Waals surface area (Å²) >= 11 is 0. The van der Waals surface area contributed by atoms with Crippen LogP contribution >= 0.6 is 0 Å². The smallest absolute Gasteiger partial charge is 0.0604 e. The molecular formula is C13H20N2. The molecule has 82 valence electrons. The highest BCUT2D eigenvalue weighted by molar-refractivity contribution is 5.71. The van der Waals surface area contributed by atoms with Crippen LogP contribution in [0.25, 0.3) is 0 Å². The fourth-order valence-electron chi connectivity index (χ4n) is 2.18. The summed E-state index contributed by atoms with van der Waals surface area (Å²) in [5.41, 5.74) is 3.98. The Morgan fingerprint density at radius 2 is 2.27 bits per heavy atom. The third-order valence-corrected chi connectivity index (χ3v) is 3.05. The van der Waals surface area contributed by atoms with Crippen molar-refractivity contribution in [3.63, 3.8) is 0 Å². The first-order valence-electron chi connectivity index (χ1n) is 5.80. The summed E-state index contributed by atoms with van der Waals surface area (Å²) in [6, 6.07) is 6.66. The lowest BCUT2D eigenvalue weighted by atomic mass is 10.1. The maximum atomic E-state index is 3.52. The van der Waals surface area contributed by atoms with Crippen LogP contribution in [0.4, 0.5) is 11.4 Å². The quantitative estimate of drug-likeness (QED) is 0.756. The predicted molar refractivity (Wildman–Crippen MR) is 66.7 cm³/mol. The van der Waals surface area contributed by atoms with Crippen molar-refractivity contribution in [2.24, 2.45) is 5.92 Å². The molecule has 0 fully saturated rings. The average molecular weight is 204 g/mol. The van der Waals surface area contributed by atoms with Crippen molar-refractivity contribution in [3.05, 3.63) is 23.8 Å². The molecule has 0 saturated heterocycles. The van der Waals surface area contributed by atoms with Crippen LogP contribution < -0.4 is 10.2 Å². The van der Waals surface area contributed by atoms with Gasteiger partial charge in [-0.1, -0.05) is 13.0 Å². The van der Waals surface area contributed by atoms with Crippen molar-refractivity contribution in [3.8, 4) is 0 Å². The Balaban J connectivity index is 2.39. The van der Waals surface area contributed by atoms with Crippen molar-refractivity contribution in [1.82, 2.24) is 0 Å². The van der Waals surface area contributed by atoms with Gasteiger partial charge in [0.1, 0.15) is 0 Å². The number of nitrogens with one attached hydrogen (secondary N) is 1. The Hall–Kier alpha value is -1.18. The van der Waals surface area contributed by atoms with Crippen molar-refractivity contribution < 1.29 is 0 Å². The van der Waals surface area contributed by atoms with E-state index in [-0.39, 0.29) is 0 Å². The van der Waals surface area contributed by atoms with Gasteiger partial charge in [0, 0.05) is 19.6 Å². The number of hydrogen-bond acceptors (Lipinski definition) is 2. The zero-order chi connectivity index (χ0) is 10.8. The van der Waals surface area contributed by atoms with Gasteiger partial charge in [0.15, 0.2) is 0 Å². The highest BCUT2D eigenvalue weighted by Gasteiger charge is 2.17. The second-order valence-electron chi connectivity index (χ2n) is 4.55. The van der Waals surface area contributed by atoms with Gasteiger partial charge in [0.05, 0.1) is 11.4 Å². The highest BCUT2D eigenvalue weighted by atomic mass is 15.2. The van der Waals surface area contributed by atoms with Crippen LogP contribution in [0.15, 0.2) is 18.2 Å². The minimum atomic E-state index is 0.706. The lowest BCUT2D eigenvalue weighted by Crippen LogP contribution is -2.28. The van der Waals surface area contributed by atoms with Crippen molar-refractivity contribution in [1.29, 1.82) is 0 Å². The number of fused-ring (bicyclic) bond motifs is 1. The molecule has 1 aliphatic rings. The van der Waals surface area contributed by atoms with Gasteiger partial charge in [-0.25, -0.2) is 0 Å². The zero-order valence-corrected chi connectivity index (χ0v) is 9.88. The molecular weight excluding hydrogens is 184 g/mol. The second-order valence-corrected chi connectivity index (χ2v) is 4.55. The van der Waals surface area contributed by atoms with Gasteiger partial charge in [-0.05, 0) is 37.5 Å². The largest absolute Gasteiger partial charge is 0.383 e. The number of anilines is 2. The van der Waals surface area contributed by atoms with Gasteiger partial charge in [0.2, 0.25) is 0 Å². The molecule has 0 aliphatic carbocycles. The second kappa shape index (κ2) is 4.13. The van der Waals surface area contributed by atoms with Gasteiger partial charge < -0.3 is 10.2 Å². The van der Waals surface area contributed by atoms with E-state index < -0.39 is 0 Å². The molecule has 2 nitrogen and oxygen atoms in total. The summed E-state index contributed by atoms with van der Waals surface area (Å²) in [4.78, 5) is 2.47. The van der Waals surface area contributed by atoms with Crippen LogP contribution in [-0.4, -0.2) is 19.6 Å². The molecule has 0 amide bonds. The van der Waals surface area contributed by atoms with Gasteiger partial charge in [-0.3, -0.25) is 0 Å². The van der Waals surface area contributed by atoms with Crippen LogP contribution in [0, 0.1) is 12.8 Å².